The summed E-state index contributed by atoms with van der Waals surface area (Å²) in [4.78, 5) is 33.5. The van der Waals surface area contributed by atoms with E-state index in [0.717, 1.165) is 0 Å². The summed E-state index contributed by atoms with van der Waals surface area (Å²) in [5, 5.41) is 16.2. The number of carbonyl (C=O) groups excluding carboxylic acids is 2. The molecule has 0 unspecified atom stereocenters. The topological polar surface area (TPSA) is 142 Å². The maximum Gasteiger partial charge on any atom is 0.273 e. The lowest BCUT2D eigenvalue weighted by molar-refractivity contribution is -0.137. The first-order valence-electron chi connectivity index (χ1n) is 11.7. The molecule has 2 fully saturated rings. The molecular weight excluding hydrogens is 452 g/mol. The fourth-order valence-electron chi connectivity index (χ4n) is 4.67. The van der Waals surface area contributed by atoms with Crippen LogP contribution >= 0.6 is 0 Å². The van der Waals surface area contributed by atoms with Crippen LogP contribution in [0.1, 0.15) is 47.6 Å². The fourth-order valence-corrected chi connectivity index (χ4v) is 4.67. The van der Waals surface area contributed by atoms with Crippen molar-refractivity contribution in [3.63, 3.8) is 0 Å². The van der Waals surface area contributed by atoms with Crippen LogP contribution in [-0.2, 0) is 4.79 Å². The van der Waals surface area contributed by atoms with E-state index in [0.29, 0.717) is 69.3 Å². The molecule has 2 saturated heterocycles. The number of nitrogens with zero attached hydrogens (tertiary/aromatic N) is 5. The minimum atomic E-state index is -0.252. The summed E-state index contributed by atoms with van der Waals surface area (Å²) in [6.45, 7) is 4.15. The highest BCUT2D eigenvalue weighted by molar-refractivity contribution is 5.92. The minimum Gasteiger partial charge on any atom is -0.459 e. The van der Waals surface area contributed by atoms with Gasteiger partial charge in [-0.1, -0.05) is 5.16 Å². The van der Waals surface area contributed by atoms with Crippen molar-refractivity contribution in [1.29, 1.82) is 5.26 Å². The first-order valence-corrected chi connectivity index (χ1v) is 11.7. The lowest BCUT2D eigenvalue weighted by Gasteiger charge is -2.37. The number of likely N-dealkylation sites (tertiary alicyclic amines) is 1. The zero-order chi connectivity index (χ0) is 24.4. The SMILES string of the molecule is Cc1cc(C(=O)NC2CCN(C(=O)C3CCN(c4oc(-c5ccco5)nc4C#N)CC3)CC2)no1. The number of aromatic nitrogens is 2. The van der Waals surface area contributed by atoms with Gasteiger partial charge >= 0.3 is 0 Å². The predicted octanol–water partition coefficient (Wildman–Crippen LogP) is 2.74. The van der Waals surface area contributed by atoms with Crippen molar-refractivity contribution in [2.24, 2.45) is 5.92 Å². The van der Waals surface area contributed by atoms with Crippen LogP contribution < -0.4 is 10.2 Å². The maximum absolute atomic E-state index is 13.1. The van der Waals surface area contributed by atoms with Gasteiger partial charge in [0.2, 0.25) is 17.5 Å². The zero-order valence-corrected chi connectivity index (χ0v) is 19.4. The summed E-state index contributed by atoms with van der Waals surface area (Å²) in [6.07, 6.45) is 4.26. The molecule has 2 aliphatic rings. The van der Waals surface area contributed by atoms with Crippen LogP contribution in [0.25, 0.3) is 11.7 Å². The molecule has 2 amide bonds. The normalized spacial score (nSPS) is 17.4. The molecule has 3 aromatic rings. The molecule has 182 valence electrons. The van der Waals surface area contributed by atoms with E-state index in [4.69, 9.17) is 13.4 Å². The molecule has 11 heteroatoms. The van der Waals surface area contributed by atoms with Crippen LogP contribution in [0.4, 0.5) is 5.88 Å². The van der Waals surface area contributed by atoms with E-state index in [1.807, 2.05) is 9.80 Å². The van der Waals surface area contributed by atoms with Crippen LogP contribution in [0, 0.1) is 24.2 Å². The quantitative estimate of drug-likeness (QED) is 0.586. The van der Waals surface area contributed by atoms with Crippen molar-refractivity contribution in [2.75, 3.05) is 31.1 Å². The highest BCUT2D eigenvalue weighted by Crippen LogP contribution is 2.32. The van der Waals surface area contributed by atoms with E-state index in [1.165, 1.54) is 6.26 Å². The first kappa shape index (κ1) is 22.7. The molecule has 0 atom stereocenters. The largest absolute Gasteiger partial charge is 0.459 e. The van der Waals surface area contributed by atoms with Gasteiger partial charge < -0.3 is 28.5 Å². The summed E-state index contributed by atoms with van der Waals surface area (Å²) >= 11 is 0. The molecule has 11 nitrogen and oxygen atoms in total. The Morgan fingerprint density at radius 2 is 1.94 bits per heavy atom. The number of aryl methyl sites for hydroxylation is 1. The molecule has 5 heterocycles. The van der Waals surface area contributed by atoms with Crippen LogP contribution in [0.3, 0.4) is 0 Å². The number of hydrogen-bond donors (Lipinski definition) is 1. The number of carbonyl (C=O) groups is 2. The Hall–Kier alpha value is -4.07. The highest BCUT2D eigenvalue weighted by Gasteiger charge is 2.33. The van der Waals surface area contributed by atoms with Gasteiger partial charge in [-0.15, -0.1) is 0 Å². The smallest absolute Gasteiger partial charge is 0.273 e. The first-order chi connectivity index (χ1) is 17.0. The number of nitriles is 1. The Bertz CT molecular complexity index is 1220. The predicted molar refractivity (Wildman–Crippen MR) is 122 cm³/mol. The molecule has 2 aliphatic heterocycles. The van der Waals surface area contributed by atoms with E-state index < -0.39 is 0 Å². The lowest BCUT2D eigenvalue weighted by atomic mass is 9.93. The molecule has 0 spiro atoms. The second kappa shape index (κ2) is 9.66. The van der Waals surface area contributed by atoms with Crippen molar-refractivity contribution in [1.82, 2.24) is 20.4 Å². The van der Waals surface area contributed by atoms with Gasteiger partial charge in [-0.05, 0) is 44.7 Å². The van der Waals surface area contributed by atoms with Gasteiger partial charge in [-0.25, -0.2) is 0 Å². The van der Waals surface area contributed by atoms with E-state index in [9.17, 15) is 14.9 Å². The van der Waals surface area contributed by atoms with Gasteiger partial charge in [0.15, 0.2) is 11.5 Å². The number of hydrogen-bond acceptors (Lipinski definition) is 9. The van der Waals surface area contributed by atoms with Crippen molar-refractivity contribution in [3.05, 3.63) is 41.6 Å². The second-order valence-electron chi connectivity index (χ2n) is 8.92. The molecule has 0 aliphatic carbocycles. The monoisotopic (exact) mass is 478 g/mol. The average Bonchev–Trinajstić information content (AvgIpc) is 3.65. The van der Waals surface area contributed by atoms with E-state index in [1.54, 1.807) is 25.1 Å². The van der Waals surface area contributed by atoms with Crippen molar-refractivity contribution >= 4 is 17.7 Å². The molecule has 0 bridgehead atoms. The van der Waals surface area contributed by atoms with Gasteiger partial charge in [-0.2, -0.15) is 10.2 Å². The Morgan fingerprint density at radius 3 is 2.57 bits per heavy atom. The number of furan rings is 1. The Labute approximate surface area is 201 Å². The molecular formula is C24H26N6O5. The number of oxazole rings is 1. The molecule has 0 saturated carbocycles. The Kier molecular flexibility index (Phi) is 6.27. The van der Waals surface area contributed by atoms with Gasteiger partial charge in [0, 0.05) is 44.2 Å². The lowest BCUT2D eigenvalue weighted by Crippen LogP contribution is -2.49. The van der Waals surface area contributed by atoms with Gasteiger partial charge in [-0.3, -0.25) is 9.59 Å². The summed E-state index contributed by atoms with van der Waals surface area (Å²) in [6, 6.07) is 7.16. The molecule has 35 heavy (non-hydrogen) atoms. The van der Waals surface area contributed by atoms with E-state index >= 15 is 0 Å². The van der Waals surface area contributed by atoms with Crippen molar-refractivity contribution in [3.8, 4) is 17.7 Å². The number of nitrogens with one attached hydrogen (secondary N) is 1. The second-order valence-corrected chi connectivity index (χ2v) is 8.92. The molecule has 1 N–H and O–H groups in total. The summed E-state index contributed by atoms with van der Waals surface area (Å²) < 4.78 is 16.1. The average molecular weight is 479 g/mol. The van der Waals surface area contributed by atoms with Crippen LogP contribution in [0.5, 0.6) is 0 Å². The van der Waals surface area contributed by atoms with Crippen molar-refractivity contribution < 1.29 is 22.9 Å². The Morgan fingerprint density at radius 1 is 1.17 bits per heavy atom. The van der Waals surface area contributed by atoms with Crippen LogP contribution in [0.2, 0.25) is 0 Å². The van der Waals surface area contributed by atoms with Gasteiger partial charge in [0.1, 0.15) is 11.8 Å². The Balaban J connectivity index is 1.12. The third-order valence-electron chi connectivity index (χ3n) is 6.58. The van der Waals surface area contributed by atoms with Gasteiger partial charge in [0.05, 0.1) is 6.26 Å². The third-order valence-corrected chi connectivity index (χ3v) is 6.58. The number of piperidine rings is 2. The summed E-state index contributed by atoms with van der Waals surface area (Å²) in [5.41, 5.74) is 0.487. The van der Waals surface area contributed by atoms with E-state index in [2.05, 4.69) is 21.5 Å². The van der Waals surface area contributed by atoms with Gasteiger partial charge in [0.25, 0.3) is 11.8 Å². The number of anilines is 1. The summed E-state index contributed by atoms with van der Waals surface area (Å²) in [5.74, 6) is 1.57. The number of amides is 2. The van der Waals surface area contributed by atoms with Crippen molar-refractivity contribution in [2.45, 2.75) is 38.6 Å². The standard InChI is InChI=1S/C24H26N6O5/c1-15-13-18(28-35-15)21(31)26-17-6-10-29(11-7-17)23(32)16-4-8-30(9-5-16)24-19(14-25)27-22(34-24)20-3-2-12-33-20/h2-3,12-13,16-17H,4-11H2,1H3,(H,26,31). The molecule has 3 aromatic heterocycles. The minimum absolute atomic E-state index is 0.00427. The summed E-state index contributed by atoms with van der Waals surface area (Å²) in [7, 11) is 0. The van der Waals surface area contributed by atoms with Crippen LogP contribution in [-0.4, -0.2) is 59.1 Å². The highest BCUT2D eigenvalue weighted by atomic mass is 16.5. The van der Waals surface area contributed by atoms with Crippen LogP contribution in [0.15, 0.2) is 37.8 Å². The molecule has 5 rings (SSSR count). The molecule has 0 aromatic carbocycles. The third kappa shape index (κ3) is 4.77. The van der Waals surface area contributed by atoms with E-state index in [-0.39, 0.29) is 41.1 Å². The molecule has 0 radical (unpaired) electrons. The fraction of sp³-hybridized carbons (Fsp3) is 0.458. The zero-order valence-electron chi connectivity index (χ0n) is 19.4. The maximum atomic E-state index is 13.1. The number of rotatable bonds is 5.